The average Bonchev–Trinajstić information content (AvgIpc) is 2.46. The quantitative estimate of drug-likeness (QED) is 0.671. The Hall–Kier alpha value is -2.35. The van der Waals surface area contributed by atoms with Gasteiger partial charge in [0.2, 0.25) is 0 Å². The largest absolute Gasteiger partial charge is 0.494 e. The minimum absolute atomic E-state index is 0.800. The lowest BCUT2D eigenvalue weighted by molar-refractivity contribution is 0.415. The normalized spacial score (nSPS) is 10.5. The van der Waals surface area contributed by atoms with Crippen molar-refractivity contribution < 1.29 is 4.74 Å². The van der Waals surface area contributed by atoms with Crippen LogP contribution < -0.4 is 4.74 Å². The number of rotatable bonds is 2. The van der Waals surface area contributed by atoms with Crippen molar-refractivity contribution >= 4 is 10.8 Å². The summed E-state index contributed by atoms with van der Waals surface area (Å²) in [5.41, 5.74) is 1.99. The molecule has 0 spiro atoms. The molecular formula is C16H13NO. The Bertz CT molecular complexity index is 686. The third-order valence-corrected chi connectivity index (χ3v) is 3.04. The van der Waals surface area contributed by atoms with Crippen LogP contribution in [-0.2, 0) is 0 Å². The van der Waals surface area contributed by atoms with E-state index in [1.54, 1.807) is 13.3 Å². The molecule has 2 aromatic carbocycles. The Morgan fingerprint density at radius 1 is 0.889 bits per heavy atom. The first-order valence-electron chi connectivity index (χ1n) is 5.87. The summed E-state index contributed by atoms with van der Waals surface area (Å²) in [4.78, 5) is 4.44. The highest BCUT2D eigenvalue weighted by Crippen LogP contribution is 2.32. The Labute approximate surface area is 106 Å². The maximum atomic E-state index is 5.39. The molecule has 0 radical (unpaired) electrons. The molecular weight excluding hydrogens is 222 g/mol. The van der Waals surface area contributed by atoms with Gasteiger partial charge in [0.1, 0.15) is 11.4 Å². The lowest BCUT2D eigenvalue weighted by Crippen LogP contribution is -1.91. The van der Waals surface area contributed by atoms with E-state index in [1.165, 1.54) is 10.8 Å². The molecule has 1 aromatic heterocycles. The Balaban J connectivity index is 2.32. The summed E-state index contributed by atoms with van der Waals surface area (Å²) in [7, 11) is 1.67. The Kier molecular flexibility index (Phi) is 2.69. The van der Waals surface area contributed by atoms with E-state index in [9.17, 15) is 0 Å². The van der Waals surface area contributed by atoms with Crippen LogP contribution in [0.25, 0.3) is 22.0 Å². The lowest BCUT2D eigenvalue weighted by Gasteiger charge is -2.09. The van der Waals surface area contributed by atoms with Gasteiger partial charge in [-0.15, -0.1) is 0 Å². The predicted octanol–water partition coefficient (Wildman–Crippen LogP) is 3.91. The van der Waals surface area contributed by atoms with Gasteiger partial charge in [-0.3, -0.25) is 4.98 Å². The second-order valence-corrected chi connectivity index (χ2v) is 4.08. The molecule has 0 atom stereocenters. The molecule has 0 amide bonds. The average molecular weight is 235 g/mol. The van der Waals surface area contributed by atoms with Crippen LogP contribution in [0, 0.1) is 0 Å². The van der Waals surface area contributed by atoms with Crippen molar-refractivity contribution in [2.45, 2.75) is 0 Å². The number of fused-ring (bicyclic) bond motifs is 1. The van der Waals surface area contributed by atoms with Gasteiger partial charge in [-0.25, -0.2) is 0 Å². The van der Waals surface area contributed by atoms with Gasteiger partial charge in [-0.1, -0.05) is 42.5 Å². The van der Waals surface area contributed by atoms with Crippen molar-refractivity contribution in [2.24, 2.45) is 0 Å². The highest BCUT2D eigenvalue weighted by atomic mass is 16.5. The highest BCUT2D eigenvalue weighted by Gasteiger charge is 2.09. The SMILES string of the molecule is COc1cccnc1-c1cccc2ccccc12. The molecule has 0 saturated heterocycles. The van der Waals surface area contributed by atoms with E-state index in [1.807, 2.05) is 30.3 Å². The van der Waals surface area contributed by atoms with Crippen LogP contribution in [0.15, 0.2) is 60.8 Å². The zero-order chi connectivity index (χ0) is 12.4. The van der Waals surface area contributed by atoms with Crippen molar-refractivity contribution in [3.8, 4) is 17.0 Å². The second-order valence-electron chi connectivity index (χ2n) is 4.08. The van der Waals surface area contributed by atoms with Crippen LogP contribution in [0.4, 0.5) is 0 Å². The monoisotopic (exact) mass is 235 g/mol. The van der Waals surface area contributed by atoms with Crippen LogP contribution in [0.1, 0.15) is 0 Å². The summed E-state index contributed by atoms with van der Waals surface area (Å²) in [6, 6.07) is 18.3. The molecule has 0 aliphatic carbocycles. The van der Waals surface area contributed by atoms with Gasteiger partial charge in [0.05, 0.1) is 7.11 Å². The molecule has 0 N–H and O–H groups in total. The molecule has 0 unspecified atom stereocenters. The number of hydrogen-bond donors (Lipinski definition) is 0. The number of ether oxygens (including phenoxy) is 1. The van der Waals surface area contributed by atoms with Gasteiger partial charge in [-0.2, -0.15) is 0 Å². The molecule has 0 aliphatic rings. The van der Waals surface area contributed by atoms with Gasteiger partial charge in [0.15, 0.2) is 0 Å². The lowest BCUT2D eigenvalue weighted by atomic mass is 10.0. The summed E-state index contributed by atoms with van der Waals surface area (Å²) in [5, 5.41) is 2.40. The van der Waals surface area contributed by atoms with E-state index in [0.717, 1.165) is 17.0 Å². The van der Waals surface area contributed by atoms with Crippen LogP contribution >= 0.6 is 0 Å². The van der Waals surface area contributed by atoms with E-state index >= 15 is 0 Å². The molecule has 18 heavy (non-hydrogen) atoms. The van der Waals surface area contributed by atoms with Crippen molar-refractivity contribution in [2.75, 3.05) is 7.11 Å². The van der Waals surface area contributed by atoms with Crippen molar-refractivity contribution in [1.29, 1.82) is 0 Å². The molecule has 2 nitrogen and oxygen atoms in total. The van der Waals surface area contributed by atoms with E-state index < -0.39 is 0 Å². The second kappa shape index (κ2) is 4.49. The standard InChI is InChI=1S/C16H13NO/c1-18-15-10-5-11-17-16(15)14-9-4-7-12-6-2-3-8-13(12)14/h2-11H,1H3. The molecule has 0 fully saturated rings. The number of pyridine rings is 1. The molecule has 0 saturated carbocycles. The number of benzene rings is 2. The minimum Gasteiger partial charge on any atom is -0.494 e. The molecule has 2 heteroatoms. The molecule has 88 valence electrons. The molecule has 3 aromatic rings. The van der Waals surface area contributed by atoms with Crippen LogP contribution in [0.3, 0.4) is 0 Å². The fraction of sp³-hybridized carbons (Fsp3) is 0.0625. The molecule has 1 heterocycles. The summed E-state index contributed by atoms with van der Waals surface area (Å²) >= 11 is 0. The van der Waals surface area contributed by atoms with E-state index in [0.29, 0.717) is 0 Å². The van der Waals surface area contributed by atoms with Gasteiger partial charge in [0.25, 0.3) is 0 Å². The number of hydrogen-bond acceptors (Lipinski definition) is 2. The van der Waals surface area contributed by atoms with Gasteiger partial charge < -0.3 is 4.74 Å². The summed E-state index contributed by atoms with van der Waals surface area (Å²) in [6.45, 7) is 0. The highest BCUT2D eigenvalue weighted by molar-refractivity contribution is 5.96. The predicted molar refractivity (Wildman–Crippen MR) is 73.7 cm³/mol. The first-order chi connectivity index (χ1) is 8.90. The summed E-state index contributed by atoms with van der Waals surface area (Å²) < 4.78 is 5.39. The minimum atomic E-state index is 0.800. The van der Waals surface area contributed by atoms with Crippen molar-refractivity contribution in [1.82, 2.24) is 4.98 Å². The number of nitrogens with zero attached hydrogens (tertiary/aromatic N) is 1. The topological polar surface area (TPSA) is 22.1 Å². The fourth-order valence-corrected chi connectivity index (χ4v) is 2.19. The van der Waals surface area contributed by atoms with Crippen molar-refractivity contribution in [3.63, 3.8) is 0 Å². The van der Waals surface area contributed by atoms with E-state index in [2.05, 4.69) is 29.2 Å². The zero-order valence-corrected chi connectivity index (χ0v) is 10.1. The molecule has 0 aliphatic heterocycles. The fourth-order valence-electron chi connectivity index (χ4n) is 2.19. The number of aromatic nitrogens is 1. The van der Waals surface area contributed by atoms with Crippen molar-refractivity contribution in [3.05, 3.63) is 60.8 Å². The smallest absolute Gasteiger partial charge is 0.145 e. The first kappa shape index (κ1) is 10.8. The number of methoxy groups -OCH3 is 1. The maximum absolute atomic E-state index is 5.39. The summed E-state index contributed by atoms with van der Waals surface area (Å²) in [5.74, 6) is 0.800. The summed E-state index contributed by atoms with van der Waals surface area (Å²) in [6.07, 6.45) is 1.79. The Morgan fingerprint density at radius 2 is 1.72 bits per heavy atom. The third kappa shape index (κ3) is 1.72. The molecule has 3 rings (SSSR count). The van der Waals surface area contributed by atoms with E-state index in [4.69, 9.17) is 4.74 Å². The first-order valence-corrected chi connectivity index (χ1v) is 5.87. The van der Waals surface area contributed by atoms with Crippen LogP contribution in [-0.4, -0.2) is 12.1 Å². The van der Waals surface area contributed by atoms with Gasteiger partial charge in [0, 0.05) is 11.8 Å². The van der Waals surface area contributed by atoms with Crippen LogP contribution in [0.5, 0.6) is 5.75 Å². The zero-order valence-electron chi connectivity index (χ0n) is 10.1. The van der Waals surface area contributed by atoms with Gasteiger partial charge in [-0.05, 0) is 22.9 Å². The van der Waals surface area contributed by atoms with E-state index in [-0.39, 0.29) is 0 Å². The maximum Gasteiger partial charge on any atom is 0.145 e. The third-order valence-electron chi connectivity index (χ3n) is 3.04. The Morgan fingerprint density at radius 3 is 2.61 bits per heavy atom. The molecule has 0 bridgehead atoms. The van der Waals surface area contributed by atoms with Gasteiger partial charge >= 0.3 is 0 Å². The van der Waals surface area contributed by atoms with Crippen LogP contribution in [0.2, 0.25) is 0 Å².